The van der Waals surface area contributed by atoms with E-state index in [2.05, 4.69) is 76.5 Å². The number of hydrogen-bond acceptors (Lipinski definition) is 2. The summed E-state index contributed by atoms with van der Waals surface area (Å²) in [4.78, 5) is 17.9. The van der Waals surface area contributed by atoms with Crippen LogP contribution in [0.15, 0.2) is 84.9 Å². The van der Waals surface area contributed by atoms with Gasteiger partial charge in [-0.3, -0.25) is 9.69 Å². The zero-order valence-electron chi connectivity index (χ0n) is 16.6. The molecule has 2 aliphatic rings. The van der Waals surface area contributed by atoms with Crippen molar-refractivity contribution >= 4 is 5.91 Å². The molecule has 2 heterocycles. The van der Waals surface area contributed by atoms with E-state index in [-0.39, 0.29) is 18.1 Å². The molecule has 3 aromatic carbocycles. The molecule has 1 unspecified atom stereocenters. The largest absolute Gasteiger partial charge is 0.319 e. The predicted octanol–water partition coefficient (Wildman–Crippen LogP) is 5.24. The molecule has 5 rings (SSSR count). The highest BCUT2D eigenvalue weighted by atomic mass is 16.2. The molecular weight excluding hydrogens is 356 g/mol. The van der Waals surface area contributed by atoms with Crippen LogP contribution in [0.4, 0.5) is 0 Å². The Balaban J connectivity index is 1.54. The van der Waals surface area contributed by atoms with E-state index in [9.17, 15) is 4.79 Å². The molecule has 0 saturated carbocycles. The number of carbonyl (C=O) groups excluding carboxylic acids is 1. The Morgan fingerprint density at radius 1 is 0.759 bits per heavy atom. The number of fused-ring (bicyclic) bond motifs is 1. The summed E-state index contributed by atoms with van der Waals surface area (Å²) in [7, 11) is 0. The zero-order chi connectivity index (χ0) is 19.6. The van der Waals surface area contributed by atoms with Crippen molar-refractivity contribution < 1.29 is 4.79 Å². The van der Waals surface area contributed by atoms with Gasteiger partial charge in [-0.25, -0.2) is 0 Å². The van der Waals surface area contributed by atoms with Gasteiger partial charge >= 0.3 is 0 Å². The van der Waals surface area contributed by atoms with Crippen molar-refractivity contribution in [1.82, 2.24) is 9.80 Å². The summed E-state index contributed by atoms with van der Waals surface area (Å²) in [5.74, 6) is 0.178. The Hall–Kier alpha value is -2.91. The van der Waals surface area contributed by atoms with E-state index in [0.29, 0.717) is 6.54 Å². The minimum atomic E-state index is 0.120. The second-order valence-electron chi connectivity index (χ2n) is 8.03. The van der Waals surface area contributed by atoms with Gasteiger partial charge in [-0.2, -0.15) is 0 Å². The Labute approximate surface area is 172 Å². The molecule has 0 radical (unpaired) electrons. The van der Waals surface area contributed by atoms with E-state index in [0.717, 1.165) is 30.5 Å². The van der Waals surface area contributed by atoms with Crippen molar-refractivity contribution in [3.63, 3.8) is 0 Å². The summed E-state index contributed by atoms with van der Waals surface area (Å²) in [6.07, 6.45) is 3.48. The highest BCUT2D eigenvalue weighted by molar-refractivity contribution is 5.98. The molecule has 1 fully saturated rings. The van der Waals surface area contributed by atoms with Crippen molar-refractivity contribution in [2.45, 2.75) is 38.0 Å². The number of nitrogens with zero attached hydrogens (tertiary/aromatic N) is 2. The first-order valence-electron chi connectivity index (χ1n) is 10.6. The first-order valence-corrected chi connectivity index (χ1v) is 10.6. The van der Waals surface area contributed by atoms with Gasteiger partial charge in [-0.1, -0.05) is 78.9 Å². The third kappa shape index (κ3) is 3.36. The normalized spacial score (nSPS) is 19.6. The summed E-state index contributed by atoms with van der Waals surface area (Å²) in [6.45, 7) is 1.71. The Morgan fingerprint density at radius 3 is 2.03 bits per heavy atom. The fourth-order valence-corrected chi connectivity index (χ4v) is 4.94. The van der Waals surface area contributed by atoms with E-state index in [1.807, 2.05) is 18.2 Å². The van der Waals surface area contributed by atoms with Crippen LogP contribution >= 0.6 is 0 Å². The first kappa shape index (κ1) is 18.1. The topological polar surface area (TPSA) is 23.6 Å². The maximum atomic E-state index is 13.2. The maximum absolute atomic E-state index is 13.2. The van der Waals surface area contributed by atoms with Crippen LogP contribution in [0.2, 0.25) is 0 Å². The van der Waals surface area contributed by atoms with E-state index in [4.69, 9.17) is 0 Å². The number of carbonyl (C=O) groups is 1. The van der Waals surface area contributed by atoms with E-state index < -0.39 is 0 Å². The SMILES string of the molecule is O=C1c2ccccc2CN1C1CCCCN1C(c1ccccc1)c1ccccc1. The lowest BCUT2D eigenvalue weighted by atomic mass is 9.93. The standard InChI is InChI=1S/C26H26N2O/c29-26-23-16-8-7-15-22(23)19-28(26)24-17-9-10-18-27(24)25(20-11-3-1-4-12-20)21-13-5-2-6-14-21/h1-8,11-16,24-25H,9-10,17-19H2. The molecule has 3 aromatic rings. The predicted molar refractivity (Wildman–Crippen MR) is 115 cm³/mol. The molecule has 0 N–H and O–H groups in total. The van der Waals surface area contributed by atoms with Crippen molar-refractivity contribution in [1.29, 1.82) is 0 Å². The van der Waals surface area contributed by atoms with Gasteiger partial charge < -0.3 is 4.90 Å². The van der Waals surface area contributed by atoms with Crippen molar-refractivity contribution in [3.05, 3.63) is 107 Å². The number of piperidine rings is 1. The molecule has 1 saturated heterocycles. The Bertz CT molecular complexity index is 946. The number of likely N-dealkylation sites (tertiary alicyclic amines) is 1. The van der Waals surface area contributed by atoms with E-state index in [1.54, 1.807) is 0 Å². The zero-order valence-corrected chi connectivity index (χ0v) is 16.6. The van der Waals surface area contributed by atoms with Gasteiger partial charge in [0.1, 0.15) is 0 Å². The van der Waals surface area contributed by atoms with Crippen molar-refractivity contribution in [2.75, 3.05) is 6.54 Å². The number of amides is 1. The Kier molecular flexibility index (Phi) is 4.91. The average Bonchev–Trinajstić information content (AvgIpc) is 3.12. The third-order valence-corrected chi connectivity index (χ3v) is 6.28. The number of benzene rings is 3. The molecule has 0 aliphatic carbocycles. The monoisotopic (exact) mass is 382 g/mol. The smallest absolute Gasteiger partial charge is 0.255 e. The number of hydrogen-bond donors (Lipinski definition) is 0. The van der Waals surface area contributed by atoms with Crippen LogP contribution in [0.5, 0.6) is 0 Å². The molecular formula is C26H26N2O. The lowest BCUT2D eigenvalue weighted by Crippen LogP contribution is -2.52. The van der Waals surface area contributed by atoms with Crippen LogP contribution in [0.25, 0.3) is 0 Å². The molecule has 0 aromatic heterocycles. The van der Waals surface area contributed by atoms with Crippen molar-refractivity contribution in [2.24, 2.45) is 0 Å². The molecule has 2 aliphatic heterocycles. The second kappa shape index (κ2) is 7.84. The van der Waals surface area contributed by atoms with Gasteiger partial charge in [0.25, 0.3) is 5.91 Å². The highest BCUT2D eigenvalue weighted by Crippen LogP contribution is 2.37. The van der Waals surface area contributed by atoms with Gasteiger partial charge in [0.05, 0.1) is 12.2 Å². The molecule has 3 nitrogen and oxygen atoms in total. The Morgan fingerprint density at radius 2 is 1.38 bits per heavy atom. The van der Waals surface area contributed by atoms with Crippen LogP contribution in [0.1, 0.15) is 52.4 Å². The second-order valence-corrected chi connectivity index (χ2v) is 8.03. The summed E-state index contributed by atoms with van der Waals surface area (Å²) < 4.78 is 0. The molecule has 1 atom stereocenters. The summed E-state index contributed by atoms with van der Waals surface area (Å²) in [5.41, 5.74) is 4.59. The quantitative estimate of drug-likeness (QED) is 0.616. The first-order chi connectivity index (χ1) is 14.3. The van der Waals surface area contributed by atoms with Gasteiger partial charge in [-0.15, -0.1) is 0 Å². The fraction of sp³-hybridized carbons (Fsp3) is 0.269. The molecule has 146 valence electrons. The van der Waals surface area contributed by atoms with E-state index in [1.165, 1.54) is 17.5 Å². The average molecular weight is 383 g/mol. The summed E-state index contributed by atoms with van der Waals surface area (Å²) >= 11 is 0. The fourth-order valence-electron chi connectivity index (χ4n) is 4.94. The van der Waals surface area contributed by atoms with Gasteiger partial charge in [0.15, 0.2) is 0 Å². The minimum absolute atomic E-state index is 0.120. The van der Waals surface area contributed by atoms with Crippen LogP contribution < -0.4 is 0 Å². The lowest BCUT2D eigenvalue weighted by molar-refractivity contribution is 0.000390. The van der Waals surface area contributed by atoms with Gasteiger partial charge in [0, 0.05) is 18.7 Å². The van der Waals surface area contributed by atoms with Crippen LogP contribution in [0.3, 0.4) is 0 Å². The highest BCUT2D eigenvalue weighted by Gasteiger charge is 2.39. The van der Waals surface area contributed by atoms with Crippen LogP contribution in [0, 0.1) is 0 Å². The van der Waals surface area contributed by atoms with Crippen LogP contribution in [-0.2, 0) is 6.54 Å². The molecule has 3 heteroatoms. The summed E-state index contributed by atoms with van der Waals surface area (Å²) in [5, 5.41) is 0. The van der Waals surface area contributed by atoms with Gasteiger partial charge in [-0.05, 0) is 42.0 Å². The minimum Gasteiger partial charge on any atom is -0.319 e. The molecule has 0 bridgehead atoms. The summed E-state index contributed by atoms with van der Waals surface area (Å²) in [6, 6.07) is 29.6. The van der Waals surface area contributed by atoms with E-state index >= 15 is 0 Å². The van der Waals surface area contributed by atoms with Crippen LogP contribution in [-0.4, -0.2) is 28.4 Å². The molecule has 1 amide bonds. The lowest BCUT2D eigenvalue weighted by Gasteiger charge is -2.45. The number of rotatable bonds is 4. The molecule has 29 heavy (non-hydrogen) atoms. The van der Waals surface area contributed by atoms with Crippen molar-refractivity contribution in [3.8, 4) is 0 Å². The molecule has 0 spiro atoms. The maximum Gasteiger partial charge on any atom is 0.255 e. The third-order valence-electron chi connectivity index (χ3n) is 6.28. The van der Waals surface area contributed by atoms with Gasteiger partial charge in [0.2, 0.25) is 0 Å².